The third-order valence-corrected chi connectivity index (χ3v) is 3.66. The summed E-state index contributed by atoms with van der Waals surface area (Å²) in [5.41, 5.74) is 15.9. The Labute approximate surface area is 136 Å². The molecule has 6 N–H and O–H groups in total. The van der Waals surface area contributed by atoms with E-state index in [1.165, 1.54) is 6.92 Å². The van der Waals surface area contributed by atoms with E-state index in [2.05, 4.69) is 5.32 Å². The van der Waals surface area contributed by atoms with Gasteiger partial charge in [-0.15, -0.1) is 0 Å². The Hall–Kier alpha value is -2.66. The van der Waals surface area contributed by atoms with Crippen molar-refractivity contribution in [2.75, 3.05) is 11.1 Å². The zero-order chi connectivity index (χ0) is 17.2. The Morgan fingerprint density at radius 2 is 1.78 bits per heavy atom. The second kappa shape index (κ2) is 6.22. The molecule has 120 valence electrons. The van der Waals surface area contributed by atoms with Crippen molar-refractivity contribution in [1.29, 1.82) is 5.41 Å². The maximum absolute atomic E-state index is 11.5. The highest BCUT2D eigenvalue weighted by atomic mass is 16.1. The van der Waals surface area contributed by atoms with Gasteiger partial charge in [-0.2, -0.15) is 0 Å². The Morgan fingerprint density at radius 3 is 2.26 bits per heavy atom. The van der Waals surface area contributed by atoms with Gasteiger partial charge in [-0.3, -0.25) is 4.79 Å². The molecular formula is C18H22N4O. The Bertz CT molecular complexity index is 743. The van der Waals surface area contributed by atoms with Crippen molar-refractivity contribution in [3.8, 4) is 11.1 Å². The lowest BCUT2D eigenvalue weighted by Crippen LogP contribution is -2.28. The van der Waals surface area contributed by atoms with E-state index in [0.29, 0.717) is 16.9 Å². The van der Waals surface area contributed by atoms with Gasteiger partial charge in [0.25, 0.3) is 0 Å². The van der Waals surface area contributed by atoms with E-state index in [4.69, 9.17) is 16.9 Å². The molecule has 2 aromatic rings. The number of nitrogens with two attached hydrogens (primary N) is 2. The first kappa shape index (κ1) is 16.7. The average Bonchev–Trinajstić information content (AvgIpc) is 2.46. The molecule has 0 fully saturated rings. The van der Waals surface area contributed by atoms with Gasteiger partial charge < -0.3 is 22.2 Å². The van der Waals surface area contributed by atoms with Crippen LogP contribution in [0.2, 0.25) is 0 Å². The SMILES string of the molecule is CC(=O)Nc1c(-c2ccc(C(C)(C)N)cc2)ccc(N)c1C=N. The van der Waals surface area contributed by atoms with Gasteiger partial charge in [0.05, 0.1) is 5.69 Å². The van der Waals surface area contributed by atoms with Gasteiger partial charge in [0, 0.05) is 35.5 Å². The van der Waals surface area contributed by atoms with Crippen molar-refractivity contribution in [1.82, 2.24) is 0 Å². The Morgan fingerprint density at radius 1 is 1.17 bits per heavy atom. The van der Waals surface area contributed by atoms with Crippen molar-refractivity contribution in [3.05, 3.63) is 47.5 Å². The molecule has 2 aromatic carbocycles. The lowest BCUT2D eigenvalue weighted by Gasteiger charge is -2.20. The van der Waals surface area contributed by atoms with E-state index < -0.39 is 5.54 Å². The molecule has 23 heavy (non-hydrogen) atoms. The Kier molecular flexibility index (Phi) is 4.52. The number of carbonyl (C=O) groups is 1. The summed E-state index contributed by atoms with van der Waals surface area (Å²) in [4.78, 5) is 11.5. The molecule has 0 unspecified atom stereocenters. The van der Waals surface area contributed by atoms with Gasteiger partial charge in [0.2, 0.25) is 5.91 Å². The van der Waals surface area contributed by atoms with Crippen LogP contribution >= 0.6 is 0 Å². The van der Waals surface area contributed by atoms with E-state index in [1.807, 2.05) is 44.2 Å². The zero-order valence-electron chi connectivity index (χ0n) is 13.6. The first-order chi connectivity index (χ1) is 10.7. The summed E-state index contributed by atoms with van der Waals surface area (Å²) in [7, 11) is 0. The fraction of sp³-hybridized carbons (Fsp3) is 0.222. The minimum absolute atomic E-state index is 0.209. The van der Waals surface area contributed by atoms with Crippen molar-refractivity contribution >= 4 is 23.5 Å². The second-order valence-electron chi connectivity index (χ2n) is 6.12. The van der Waals surface area contributed by atoms with E-state index >= 15 is 0 Å². The van der Waals surface area contributed by atoms with Gasteiger partial charge in [-0.25, -0.2) is 0 Å². The molecule has 0 bridgehead atoms. The van der Waals surface area contributed by atoms with Crippen LogP contribution in [0.5, 0.6) is 0 Å². The molecule has 5 heteroatoms. The topological polar surface area (TPSA) is 105 Å². The standard InChI is InChI=1S/C18H22N4O/c1-11(23)22-17-14(8-9-16(20)15(17)10-19)12-4-6-13(7-5-12)18(2,3)21/h4-10,19H,20-21H2,1-3H3,(H,22,23). The summed E-state index contributed by atoms with van der Waals surface area (Å²) in [6.07, 6.45) is 1.15. The van der Waals surface area contributed by atoms with Crippen LogP contribution < -0.4 is 16.8 Å². The highest BCUT2D eigenvalue weighted by Crippen LogP contribution is 2.34. The molecule has 1 amide bonds. The summed E-state index contributed by atoms with van der Waals surface area (Å²) >= 11 is 0. The number of benzene rings is 2. The predicted molar refractivity (Wildman–Crippen MR) is 95.7 cm³/mol. The minimum atomic E-state index is -0.416. The average molecular weight is 310 g/mol. The highest BCUT2D eigenvalue weighted by molar-refractivity contribution is 6.04. The number of nitrogen functional groups attached to an aromatic ring is 1. The number of hydrogen-bond acceptors (Lipinski definition) is 4. The fourth-order valence-corrected chi connectivity index (χ4v) is 2.42. The summed E-state index contributed by atoms with van der Waals surface area (Å²) in [6.45, 7) is 5.32. The van der Waals surface area contributed by atoms with Crippen LogP contribution in [0.3, 0.4) is 0 Å². The molecule has 0 atom stereocenters. The van der Waals surface area contributed by atoms with Gasteiger partial charge in [0.15, 0.2) is 0 Å². The van der Waals surface area contributed by atoms with E-state index in [9.17, 15) is 4.79 Å². The molecule has 0 heterocycles. The smallest absolute Gasteiger partial charge is 0.221 e. The molecule has 0 saturated heterocycles. The third kappa shape index (κ3) is 3.57. The number of rotatable bonds is 4. The summed E-state index contributed by atoms with van der Waals surface area (Å²) in [6, 6.07) is 11.4. The van der Waals surface area contributed by atoms with Crippen LogP contribution in [-0.4, -0.2) is 12.1 Å². The predicted octanol–water partition coefficient (Wildman–Crippen LogP) is 3.09. The molecule has 0 radical (unpaired) electrons. The molecule has 0 aliphatic carbocycles. The summed E-state index contributed by atoms with van der Waals surface area (Å²) in [5.74, 6) is -0.209. The highest BCUT2D eigenvalue weighted by Gasteiger charge is 2.16. The largest absolute Gasteiger partial charge is 0.398 e. The van der Waals surface area contributed by atoms with Gasteiger partial charge in [-0.1, -0.05) is 30.3 Å². The summed E-state index contributed by atoms with van der Waals surface area (Å²) < 4.78 is 0. The van der Waals surface area contributed by atoms with Crippen LogP contribution in [-0.2, 0) is 10.3 Å². The molecule has 5 nitrogen and oxygen atoms in total. The van der Waals surface area contributed by atoms with Crippen molar-refractivity contribution in [3.63, 3.8) is 0 Å². The van der Waals surface area contributed by atoms with Crippen LogP contribution in [0.1, 0.15) is 31.9 Å². The maximum atomic E-state index is 11.5. The zero-order valence-corrected chi connectivity index (χ0v) is 13.6. The number of anilines is 2. The molecule has 0 spiro atoms. The molecule has 0 aromatic heterocycles. The Balaban J connectivity index is 2.58. The van der Waals surface area contributed by atoms with Crippen LogP contribution in [0.15, 0.2) is 36.4 Å². The van der Waals surface area contributed by atoms with Crippen LogP contribution in [0, 0.1) is 5.41 Å². The lowest BCUT2D eigenvalue weighted by molar-refractivity contribution is -0.114. The van der Waals surface area contributed by atoms with Crippen LogP contribution in [0.25, 0.3) is 11.1 Å². The van der Waals surface area contributed by atoms with E-state index in [0.717, 1.165) is 22.9 Å². The molecular weight excluding hydrogens is 288 g/mol. The quantitative estimate of drug-likeness (QED) is 0.515. The van der Waals surface area contributed by atoms with Crippen molar-refractivity contribution in [2.24, 2.45) is 5.73 Å². The number of nitrogens with one attached hydrogen (secondary N) is 2. The summed E-state index contributed by atoms with van der Waals surface area (Å²) in [5, 5.41) is 10.4. The van der Waals surface area contributed by atoms with Crippen molar-refractivity contribution < 1.29 is 4.79 Å². The van der Waals surface area contributed by atoms with E-state index in [1.54, 1.807) is 6.07 Å². The maximum Gasteiger partial charge on any atom is 0.221 e. The second-order valence-corrected chi connectivity index (χ2v) is 6.12. The van der Waals surface area contributed by atoms with Gasteiger partial charge in [0.1, 0.15) is 0 Å². The molecule has 0 aliphatic rings. The van der Waals surface area contributed by atoms with E-state index in [-0.39, 0.29) is 5.91 Å². The molecule has 2 rings (SSSR count). The monoisotopic (exact) mass is 310 g/mol. The third-order valence-electron chi connectivity index (χ3n) is 3.66. The molecule has 0 saturated carbocycles. The number of carbonyl (C=O) groups excluding carboxylic acids is 1. The molecule has 0 aliphatic heterocycles. The minimum Gasteiger partial charge on any atom is -0.398 e. The first-order valence-electron chi connectivity index (χ1n) is 7.34. The normalized spacial score (nSPS) is 11.1. The lowest BCUT2D eigenvalue weighted by atomic mass is 9.92. The number of hydrogen-bond donors (Lipinski definition) is 4. The van der Waals surface area contributed by atoms with Gasteiger partial charge in [-0.05, 0) is 31.0 Å². The number of amides is 1. The fourth-order valence-electron chi connectivity index (χ4n) is 2.42. The van der Waals surface area contributed by atoms with Crippen LogP contribution in [0.4, 0.5) is 11.4 Å². The van der Waals surface area contributed by atoms with Crippen molar-refractivity contribution in [2.45, 2.75) is 26.3 Å². The first-order valence-corrected chi connectivity index (χ1v) is 7.34. The van der Waals surface area contributed by atoms with Gasteiger partial charge >= 0.3 is 0 Å².